The van der Waals surface area contributed by atoms with Crippen molar-refractivity contribution in [3.63, 3.8) is 0 Å². The number of aromatic nitrogens is 4. The second-order valence-electron chi connectivity index (χ2n) is 5.65. The van der Waals surface area contributed by atoms with Crippen molar-refractivity contribution in [3.05, 3.63) is 36.5 Å². The van der Waals surface area contributed by atoms with Crippen LogP contribution in [0, 0.1) is 0 Å². The number of pyridine rings is 1. The highest BCUT2D eigenvalue weighted by Gasteiger charge is 2.26. The summed E-state index contributed by atoms with van der Waals surface area (Å²) >= 11 is 0. The number of carbonyl (C=O) groups is 1. The molecule has 1 aliphatic rings. The summed E-state index contributed by atoms with van der Waals surface area (Å²) in [5.41, 5.74) is 0.563. The minimum atomic E-state index is -0.0178. The van der Waals surface area contributed by atoms with Gasteiger partial charge in [-0.25, -0.2) is 14.6 Å². The van der Waals surface area contributed by atoms with Crippen LogP contribution in [0.2, 0.25) is 0 Å². The minimum Gasteiger partial charge on any atom is -0.475 e. The quantitative estimate of drug-likeness (QED) is 0.739. The van der Waals surface area contributed by atoms with Crippen LogP contribution < -0.4 is 4.74 Å². The number of carbonyl (C=O) groups excluding carboxylic acids is 1. The van der Waals surface area contributed by atoms with Crippen molar-refractivity contribution in [1.82, 2.24) is 24.6 Å². The third-order valence-electron chi connectivity index (χ3n) is 4.02. The van der Waals surface area contributed by atoms with E-state index >= 15 is 0 Å². The molecule has 1 fully saturated rings. The van der Waals surface area contributed by atoms with Gasteiger partial charge in [0.1, 0.15) is 19.3 Å². The van der Waals surface area contributed by atoms with Crippen LogP contribution in [0.4, 0.5) is 0 Å². The predicted octanol–water partition coefficient (Wildman–Crippen LogP) is 1.18. The van der Waals surface area contributed by atoms with Gasteiger partial charge in [-0.15, -0.1) is 0 Å². The Morgan fingerprint density at radius 1 is 1.38 bits per heavy atom. The Hall–Kier alpha value is -2.48. The van der Waals surface area contributed by atoms with Crippen molar-refractivity contribution in [2.75, 3.05) is 33.4 Å². The van der Waals surface area contributed by atoms with Crippen LogP contribution in [-0.2, 0) is 4.74 Å². The molecule has 0 N–H and O–H groups in total. The highest BCUT2D eigenvalue weighted by molar-refractivity contribution is 5.94. The second kappa shape index (κ2) is 7.87. The van der Waals surface area contributed by atoms with Crippen LogP contribution in [0.1, 0.15) is 29.2 Å². The van der Waals surface area contributed by atoms with Crippen molar-refractivity contribution in [3.8, 4) is 5.88 Å². The van der Waals surface area contributed by atoms with Crippen molar-refractivity contribution in [2.24, 2.45) is 0 Å². The monoisotopic (exact) mass is 331 g/mol. The fourth-order valence-electron chi connectivity index (χ4n) is 2.77. The van der Waals surface area contributed by atoms with Gasteiger partial charge in [-0.05, 0) is 18.9 Å². The summed E-state index contributed by atoms with van der Waals surface area (Å²) in [6, 6.07) is 3.63. The Morgan fingerprint density at radius 2 is 2.29 bits per heavy atom. The Kier molecular flexibility index (Phi) is 5.37. The second-order valence-corrected chi connectivity index (χ2v) is 5.65. The van der Waals surface area contributed by atoms with Crippen LogP contribution in [0.25, 0.3) is 0 Å². The summed E-state index contributed by atoms with van der Waals surface area (Å²) in [4.78, 5) is 22.7. The number of ether oxygens (including phenoxy) is 2. The molecule has 8 heteroatoms. The van der Waals surface area contributed by atoms with E-state index in [0.29, 0.717) is 31.2 Å². The molecular weight excluding hydrogens is 310 g/mol. The van der Waals surface area contributed by atoms with Gasteiger partial charge in [-0.2, -0.15) is 5.10 Å². The number of methoxy groups -OCH3 is 1. The molecule has 0 aliphatic carbocycles. The van der Waals surface area contributed by atoms with Crippen LogP contribution >= 0.6 is 0 Å². The Bertz CT molecular complexity index is 644. The van der Waals surface area contributed by atoms with Gasteiger partial charge in [0.25, 0.3) is 5.91 Å². The first-order valence-corrected chi connectivity index (χ1v) is 7.99. The van der Waals surface area contributed by atoms with E-state index in [4.69, 9.17) is 9.47 Å². The molecule has 0 bridgehead atoms. The van der Waals surface area contributed by atoms with Crippen molar-refractivity contribution < 1.29 is 14.3 Å². The standard InChI is InChI=1S/C16H21N5O3/c1-23-7-8-24-15-5-4-13(9-18-15)16(22)20-6-2-3-14(10-20)21-12-17-11-19-21/h4-5,9,11-12,14H,2-3,6-8,10H2,1H3/t14-/m1/s1. The van der Waals surface area contributed by atoms with E-state index in [1.54, 1.807) is 31.8 Å². The topological polar surface area (TPSA) is 82.4 Å². The summed E-state index contributed by atoms with van der Waals surface area (Å²) in [5.74, 6) is 0.471. The van der Waals surface area contributed by atoms with Crippen LogP contribution in [-0.4, -0.2) is 64.0 Å². The van der Waals surface area contributed by atoms with Gasteiger partial charge >= 0.3 is 0 Å². The van der Waals surface area contributed by atoms with Gasteiger partial charge in [0, 0.05) is 32.5 Å². The number of likely N-dealkylation sites (tertiary alicyclic amines) is 1. The molecule has 1 aliphatic heterocycles. The molecule has 1 amide bonds. The maximum Gasteiger partial charge on any atom is 0.255 e. The van der Waals surface area contributed by atoms with Crippen molar-refractivity contribution in [2.45, 2.75) is 18.9 Å². The molecule has 0 saturated carbocycles. The summed E-state index contributed by atoms with van der Waals surface area (Å²) < 4.78 is 12.2. The Labute approximate surface area is 140 Å². The number of rotatable bonds is 6. The zero-order chi connectivity index (χ0) is 16.8. The molecule has 0 aromatic carbocycles. The van der Waals surface area contributed by atoms with Gasteiger partial charge in [0.05, 0.1) is 18.2 Å². The average Bonchev–Trinajstić information content (AvgIpc) is 3.17. The summed E-state index contributed by atoms with van der Waals surface area (Å²) in [7, 11) is 1.61. The average molecular weight is 331 g/mol. The van der Waals surface area contributed by atoms with Gasteiger partial charge < -0.3 is 14.4 Å². The molecule has 3 rings (SSSR count). The van der Waals surface area contributed by atoms with Crippen LogP contribution in [0.3, 0.4) is 0 Å². The number of hydrogen-bond donors (Lipinski definition) is 0. The number of hydrogen-bond acceptors (Lipinski definition) is 6. The highest BCUT2D eigenvalue weighted by atomic mass is 16.5. The van der Waals surface area contributed by atoms with Crippen LogP contribution in [0.5, 0.6) is 5.88 Å². The smallest absolute Gasteiger partial charge is 0.255 e. The zero-order valence-corrected chi connectivity index (χ0v) is 13.7. The number of amides is 1. The first kappa shape index (κ1) is 16.4. The molecule has 0 spiro atoms. The fourth-order valence-corrected chi connectivity index (χ4v) is 2.77. The Balaban J connectivity index is 1.61. The SMILES string of the molecule is COCCOc1ccc(C(=O)N2CCC[C@@H](n3cncn3)C2)cn1. The largest absolute Gasteiger partial charge is 0.475 e. The molecule has 24 heavy (non-hydrogen) atoms. The summed E-state index contributed by atoms with van der Waals surface area (Å²) in [6.07, 6.45) is 6.72. The molecule has 2 aromatic heterocycles. The zero-order valence-electron chi connectivity index (χ0n) is 13.7. The number of piperidine rings is 1. The first-order chi connectivity index (χ1) is 11.8. The van der Waals surface area contributed by atoms with Crippen molar-refractivity contribution in [1.29, 1.82) is 0 Å². The van der Waals surface area contributed by atoms with E-state index in [1.165, 1.54) is 6.33 Å². The van der Waals surface area contributed by atoms with E-state index in [-0.39, 0.29) is 11.9 Å². The molecule has 2 aromatic rings. The van der Waals surface area contributed by atoms with Gasteiger partial charge in [-0.3, -0.25) is 4.79 Å². The fraction of sp³-hybridized carbons (Fsp3) is 0.500. The first-order valence-electron chi connectivity index (χ1n) is 7.99. The molecule has 3 heterocycles. The lowest BCUT2D eigenvalue weighted by Crippen LogP contribution is -2.40. The molecule has 0 radical (unpaired) electrons. The van der Waals surface area contributed by atoms with Crippen LogP contribution in [0.15, 0.2) is 31.0 Å². The van der Waals surface area contributed by atoms with E-state index in [2.05, 4.69) is 15.1 Å². The normalized spacial score (nSPS) is 17.7. The lowest BCUT2D eigenvalue weighted by atomic mass is 10.1. The van der Waals surface area contributed by atoms with Crippen molar-refractivity contribution >= 4 is 5.91 Å². The molecule has 8 nitrogen and oxygen atoms in total. The molecule has 1 atom stereocenters. The minimum absolute atomic E-state index is 0.0178. The highest BCUT2D eigenvalue weighted by Crippen LogP contribution is 2.22. The van der Waals surface area contributed by atoms with Gasteiger partial charge in [-0.1, -0.05) is 0 Å². The van der Waals surface area contributed by atoms with E-state index in [1.807, 2.05) is 9.58 Å². The number of nitrogens with zero attached hydrogens (tertiary/aromatic N) is 5. The third kappa shape index (κ3) is 3.88. The maximum atomic E-state index is 12.7. The third-order valence-corrected chi connectivity index (χ3v) is 4.02. The lowest BCUT2D eigenvalue weighted by molar-refractivity contribution is 0.0672. The van der Waals surface area contributed by atoms with Gasteiger partial charge in [0.2, 0.25) is 5.88 Å². The molecular formula is C16H21N5O3. The van der Waals surface area contributed by atoms with E-state index < -0.39 is 0 Å². The van der Waals surface area contributed by atoms with Gasteiger partial charge in [0.15, 0.2) is 0 Å². The summed E-state index contributed by atoms with van der Waals surface area (Å²) in [5, 5.41) is 4.18. The van der Waals surface area contributed by atoms with E-state index in [9.17, 15) is 4.79 Å². The maximum absolute atomic E-state index is 12.7. The molecule has 128 valence electrons. The predicted molar refractivity (Wildman–Crippen MR) is 85.8 cm³/mol. The molecule has 0 unspecified atom stereocenters. The lowest BCUT2D eigenvalue weighted by Gasteiger charge is -2.32. The summed E-state index contributed by atoms with van der Waals surface area (Å²) in [6.45, 7) is 2.31. The van der Waals surface area contributed by atoms with E-state index in [0.717, 1.165) is 19.4 Å². The molecule has 1 saturated heterocycles. The Morgan fingerprint density at radius 3 is 3.00 bits per heavy atom.